The van der Waals surface area contributed by atoms with Gasteiger partial charge in [-0.15, -0.1) is 0 Å². The molecule has 0 spiro atoms. The lowest BCUT2D eigenvalue weighted by Crippen LogP contribution is -2.06. The number of rotatable bonds is 2. The predicted molar refractivity (Wildman–Crippen MR) is 58.3 cm³/mol. The maximum Gasteiger partial charge on any atom is 0.270 e. The summed E-state index contributed by atoms with van der Waals surface area (Å²) in [5.41, 5.74) is 0.766. The first-order chi connectivity index (χ1) is 7.75. The summed E-state index contributed by atoms with van der Waals surface area (Å²) in [7, 11) is 0. The molecule has 0 aliphatic carbocycles. The number of benzene rings is 1. The fourth-order valence-corrected chi connectivity index (χ4v) is 1.22. The minimum Gasteiger partial charge on any atom is -0.267 e. The average Bonchev–Trinajstić information content (AvgIpc) is 2.81. The summed E-state index contributed by atoms with van der Waals surface area (Å²) in [6.45, 7) is 0. The second-order valence-corrected chi connectivity index (χ2v) is 3.17. The molecule has 1 aromatic carbocycles. The Morgan fingerprint density at radius 1 is 1.31 bits per heavy atom. The maximum absolute atomic E-state index is 12.6. The largest absolute Gasteiger partial charge is 0.270 e. The summed E-state index contributed by atoms with van der Waals surface area (Å²) < 4.78 is 13.8. The fourth-order valence-electron chi connectivity index (χ4n) is 1.22. The summed E-state index contributed by atoms with van der Waals surface area (Å²) in [6, 6.07) is 7.56. The van der Waals surface area contributed by atoms with Crippen LogP contribution in [-0.4, -0.2) is 15.7 Å². The van der Waals surface area contributed by atoms with E-state index in [9.17, 15) is 9.18 Å². The number of hydrogen-bond donors (Lipinski definition) is 0. The zero-order valence-electron chi connectivity index (χ0n) is 8.38. The van der Waals surface area contributed by atoms with E-state index in [0.717, 1.165) is 5.56 Å². The number of hydrogen-bond acceptors (Lipinski definition) is 2. The van der Waals surface area contributed by atoms with Crippen LogP contribution in [0.1, 0.15) is 10.4 Å². The molecule has 0 bridgehead atoms. The third-order valence-corrected chi connectivity index (χ3v) is 2.02. The summed E-state index contributed by atoms with van der Waals surface area (Å²) in [6.07, 6.45) is 6.10. The van der Waals surface area contributed by atoms with E-state index in [1.54, 1.807) is 30.5 Å². The van der Waals surface area contributed by atoms with E-state index in [1.165, 1.54) is 29.1 Å². The van der Waals surface area contributed by atoms with Crippen molar-refractivity contribution in [3.05, 3.63) is 60.2 Å². The third-order valence-electron chi connectivity index (χ3n) is 2.02. The molecule has 2 aromatic rings. The zero-order valence-corrected chi connectivity index (χ0v) is 8.38. The Kier molecular flexibility index (Phi) is 2.91. The molecule has 0 radical (unpaired) electrons. The van der Waals surface area contributed by atoms with E-state index < -0.39 is 0 Å². The number of nitrogens with zero attached hydrogens (tertiary/aromatic N) is 2. The molecule has 1 heterocycles. The monoisotopic (exact) mass is 216 g/mol. The smallest absolute Gasteiger partial charge is 0.267 e. The van der Waals surface area contributed by atoms with E-state index in [4.69, 9.17) is 0 Å². The van der Waals surface area contributed by atoms with Crippen molar-refractivity contribution < 1.29 is 9.18 Å². The maximum atomic E-state index is 12.6. The van der Waals surface area contributed by atoms with Crippen molar-refractivity contribution >= 4 is 12.0 Å². The number of carbonyl (C=O) groups excluding carboxylic acids is 1. The summed E-state index contributed by atoms with van der Waals surface area (Å²) in [5, 5.41) is 3.80. The molecule has 1 aromatic heterocycles. The Hall–Kier alpha value is -2.23. The van der Waals surface area contributed by atoms with Gasteiger partial charge in [0.25, 0.3) is 5.91 Å². The molecule has 0 atom stereocenters. The molecule has 4 heteroatoms. The Morgan fingerprint density at radius 3 is 2.69 bits per heavy atom. The molecule has 0 aliphatic rings. The van der Waals surface area contributed by atoms with Gasteiger partial charge in [0.2, 0.25) is 0 Å². The van der Waals surface area contributed by atoms with Crippen LogP contribution < -0.4 is 0 Å². The molecule has 2 rings (SSSR count). The van der Waals surface area contributed by atoms with Gasteiger partial charge in [-0.05, 0) is 29.8 Å². The van der Waals surface area contributed by atoms with E-state index in [-0.39, 0.29) is 11.7 Å². The molecule has 0 saturated carbocycles. The Balaban J connectivity index is 2.10. The Morgan fingerprint density at radius 2 is 2.06 bits per heavy atom. The first kappa shape index (κ1) is 10.3. The first-order valence-electron chi connectivity index (χ1n) is 4.73. The second-order valence-electron chi connectivity index (χ2n) is 3.17. The Labute approximate surface area is 91.8 Å². The highest BCUT2D eigenvalue weighted by Gasteiger charge is 1.98. The fraction of sp³-hybridized carbons (Fsp3) is 0. The predicted octanol–water partition coefficient (Wildman–Crippen LogP) is 2.38. The quantitative estimate of drug-likeness (QED) is 0.722. The molecule has 0 saturated heterocycles. The van der Waals surface area contributed by atoms with E-state index in [1.807, 2.05) is 0 Å². The molecule has 0 amide bonds. The number of allylic oxidation sites excluding steroid dienone is 1. The van der Waals surface area contributed by atoms with Crippen molar-refractivity contribution in [1.29, 1.82) is 0 Å². The van der Waals surface area contributed by atoms with Crippen LogP contribution in [0.5, 0.6) is 0 Å². The van der Waals surface area contributed by atoms with Gasteiger partial charge in [0, 0.05) is 18.5 Å². The molecule has 16 heavy (non-hydrogen) atoms. The lowest BCUT2D eigenvalue weighted by molar-refractivity contribution is 0.0955. The van der Waals surface area contributed by atoms with Gasteiger partial charge in [0.05, 0.1) is 0 Å². The van der Waals surface area contributed by atoms with Crippen molar-refractivity contribution in [3.63, 3.8) is 0 Å². The molecule has 80 valence electrons. The zero-order chi connectivity index (χ0) is 11.4. The van der Waals surface area contributed by atoms with Crippen LogP contribution in [-0.2, 0) is 0 Å². The highest BCUT2D eigenvalue weighted by Crippen LogP contribution is 2.04. The molecule has 0 fully saturated rings. The number of aromatic nitrogens is 2. The van der Waals surface area contributed by atoms with E-state index in [0.29, 0.717) is 0 Å². The van der Waals surface area contributed by atoms with Crippen LogP contribution in [0.25, 0.3) is 6.08 Å². The highest BCUT2D eigenvalue weighted by atomic mass is 19.1. The first-order valence-corrected chi connectivity index (χ1v) is 4.73. The number of carbonyl (C=O) groups is 1. The van der Waals surface area contributed by atoms with Crippen molar-refractivity contribution in [3.8, 4) is 0 Å². The van der Waals surface area contributed by atoms with Crippen LogP contribution >= 0.6 is 0 Å². The SMILES string of the molecule is O=C(/C=C/c1ccc(F)cc1)n1cccn1. The second kappa shape index (κ2) is 4.53. The third kappa shape index (κ3) is 2.42. The minimum atomic E-state index is -0.296. The molecule has 0 N–H and O–H groups in total. The lowest BCUT2D eigenvalue weighted by Gasteiger charge is -1.94. The summed E-state index contributed by atoms with van der Waals surface area (Å²) >= 11 is 0. The van der Waals surface area contributed by atoms with Crippen LogP contribution in [0, 0.1) is 5.82 Å². The van der Waals surface area contributed by atoms with Crippen molar-refractivity contribution in [2.24, 2.45) is 0 Å². The van der Waals surface area contributed by atoms with Crippen LogP contribution in [0.15, 0.2) is 48.8 Å². The van der Waals surface area contributed by atoms with Crippen molar-refractivity contribution in [2.75, 3.05) is 0 Å². The minimum absolute atomic E-state index is 0.241. The summed E-state index contributed by atoms with van der Waals surface area (Å²) in [5.74, 6) is -0.537. The normalized spacial score (nSPS) is 10.8. The van der Waals surface area contributed by atoms with E-state index in [2.05, 4.69) is 5.10 Å². The van der Waals surface area contributed by atoms with Crippen LogP contribution in [0.4, 0.5) is 4.39 Å². The van der Waals surface area contributed by atoms with Crippen LogP contribution in [0.3, 0.4) is 0 Å². The van der Waals surface area contributed by atoms with Gasteiger partial charge in [-0.2, -0.15) is 5.10 Å². The lowest BCUT2D eigenvalue weighted by atomic mass is 10.2. The van der Waals surface area contributed by atoms with Gasteiger partial charge >= 0.3 is 0 Å². The Bertz CT molecular complexity index is 500. The van der Waals surface area contributed by atoms with Crippen LogP contribution in [0.2, 0.25) is 0 Å². The number of halogens is 1. The molecular formula is C12H9FN2O. The average molecular weight is 216 g/mol. The van der Waals surface area contributed by atoms with Gasteiger partial charge in [-0.3, -0.25) is 4.79 Å². The van der Waals surface area contributed by atoms with Gasteiger partial charge < -0.3 is 0 Å². The summed E-state index contributed by atoms with van der Waals surface area (Å²) in [4.78, 5) is 11.5. The van der Waals surface area contributed by atoms with Gasteiger partial charge in [-0.25, -0.2) is 9.07 Å². The molecule has 3 nitrogen and oxygen atoms in total. The molecular weight excluding hydrogens is 207 g/mol. The van der Waals surface area contributed by atoms with Gasteiger partial charge in [-0.1, -0.05) is 12.1 Å². The highest BCUT2D eigenvalue weighted by molar-refractivity contribution is 5.92. The standard InChI is InChI=1S/C12H9FN2O/c13-11-5-2-10(3-6-11)4-7-12(16)15-9-1-8-14-15/h1-9H/b7-4+. The molecule has 0 aliphatic heterocycles. The molecule has 0 unspecified atom stereocenters. The van der Waals surface area contributed by atoms with Crippen molar-refractivity contribution in [1.82, 2.24) is 9.78 Å². The van der Waals surface area contributed by atoms with Gasteiger partial charge in [0.15, 0.2) is 0 Å². The van der Waals surface area contributed by atoms with E-state index >= 15 is 0 Å². The van der Waals surface area contributed by atoms with Crippen molar-refractivity contribution in [2.45, 2.75) is 0 Å². The van der Waals surface area contributed by atoms with Gasteiger partial charge in [0.1, 0.15) is 5.82 Å². The topological polar surface area (TPSA) is 34.9 Å².